The van der Waals surface area contributed by atoms with Gasteiger partial charge in [-0.2, -0.15) is 0 Å². The van der Waals surface area contributed by atoms with Gasteiger partial charge in [0.25, 0.3) is 0 Å². The number of fused-ring (bicyclic) bond motifs is 11. The fraction of sp³-hybridized carbons (Fsp3) is 0. The topological polar surface area (TPSA) is 60.0 Å². The molecule has 0 amide bonds. The van der Waals surface area contributed by atoms with Crippen LogP contribution in [0, 0.1) is 0 Å². The van der Waals surface area contributed by atoms with Gasteiger partial charge in [-0.05, 0) is 83.7 Å². The van der Waals surface area contributed by atoms with Crippen LogP contribution in [0.3, 0.4) is 0 Å². The molecular formula is C57H35N5O. The zero-order valence-corrected chi connectivity index (χ0v) is 33.9. The highest BCUT2D eigenvalue weighted by atomic mass is 16.3. The first-order valence-electron chi connectivity index (χ1n) is 21.2. The average Bonchev–Trinajstić information content (AvgIpc) is 3.85. The van der Waals surface area contributed by atoms with Crippen LogP contribution in [-0.2, 0) is 0 Å². The Morgan fingerprint density at radius 3 is 1.59 bits per heavy atom. The maximum Gasteiger partial charge on any atom is 0.164 e. The summed E-state index contributed by atoms with van der Waals surface area (Å²) >= 11 is 0. The third-order valence-electron chi connectivity index (χ3n) is 12.3. The predicted molar refractivity (Wildman–Crippen MR) is 259 cm³/mol. The van der Waals surface area contributed by atoms with E-state index in [2.05, 4.69) is 155 Å². The van der Waals surface area contributed by atoms with E-state index in [-0.39, 0.29) is 0 Å². The molecule has 0 bridgehead atoms. The molecule has 0 unspecified atom stereocenters. The molecule has 0 radical (unpaired) electrons. The summed E-state index contributed by atoms with van der Waals surface area (Å²) in [6, 6.07) is 70.1. The first-order valence-corrected chi connectivity index (χ1v) is 21.2. The van der Waals surface area contributed by atoms with E-state index in [9.17, 15) is 0 Å². The molecule has 6 nitrogen and oxygen atoms in total. The summed E-state index contributed by atoms with van der Waals surface area (Å²) in [5.74, 6) is 1.86. The van der Waals surface area contributed by atoms with Crippen molar-refractivity contribution in [1.82, 2.24) is 19.5 Å². The summed E-state index contributed by atoms with van der Waals surface area (Å²) in [7, 11) is 0. The molecular weight excluding hydrogens is 771 g/mol. The van der Waals surface area contributed by atoms with Crippen LogP contribution in [0.15, 0.2) is 205 Å². The molecule has 294 valence electrons. The fourth-order valence-corrected chi connectivity index (χ4v) is 9.52. The number of anilines is 3. The molecule has 1 aliphatic heterocycles. The first-order chi connectivity index (χ1) is 31.2. The van der Waals surface area contributed by atoms with Gasteiger partial charge in [-0.3, -0.25) is 0 Å². The van der Waals surface area contributed by atoms with Crippen LogP contribution in [0.4, 0.5) is 17.1 Å². The zero-order chi connectivity index (χ0) is 41.4. The second-order valence-electron chi connectivity index (χ2n) is 16.0. The number of furan rings is 1. The van der Waals surface area contributed by atoms with Gasteiger partial charge in [-0.1, -0.05) is 140 Å². The van der Waals surface area contributed by atoms with Crippen molar-refractivity contribution in [3.8, 4) is 39.9 Å². The highest BCUT2D eigenvalue weighted by Crippen LogP contribution is 2.47. The van der Waals surface area contributed by atoms with Crippen molar-refractivity contribution in [3.63, 3.8) is 0 Å². The number of aromatic nitrogens is 4. The van der Waals surface area contributed by atoms with Crippen LogP contribution < -0.4 is 4.90 Å². The third kappa shape index (κ3) is 5.62. The monoisotopic (exact) mass is 805 g/mol. The summed E-state index contributed by atoms with van der Waals surface area (Å²) in [4.78, 5) is 17.4. The van der Waals surface area contributed by atoms with Gasteiger partial charge in [-0.15, -0.1) is 0 Å². The Kier molecular flexibility index (Phi) is 7.80. The Hall–Kier alpha value is -8.61. The molecule has 0 saturated heterocycles. The van der Waals surface area contributed by atoms with E-state index in [1.165, 1.54) is 16.3 Å². The van der Waals surface area contributed by atoms with Crippen molar-refractivity contribution in [2.45, 2.75) is 0 Å². The number of nitrogens with zero attached hydrogens (tertiary/aromatic N) is 5. The van der Waals surface area contributed by atoms with Crippen LogP contribution in [0.5, 0.6) is 0 Å². The molecule has 0 saturated carbocycles. The molecule has 4 heterocycles. The quantitative estimate of drug-likeness (QED) is 0.167. The summed E-state index contributed by atoms with van der Waals surface area (Å²) in [5, 5.41) is 6.71. The Bertz CT molecular complexity index is 3680. The Morgan fingerprint density at radius 1 is 0.365 bits per heavy atom. The zero-order valence-electron chi connectivity index (χ0n) is 33.9. The number of hydrogen-bond acceptors (Lipinski definition) is 5. The highest BCUT2D eigenvalue weighted by molar-refractivity contribution is 6.28. The second-order valence-corrected chi connectivity index (χ2v) is 16.0. The minimum atomic E-state index is 0.604. The Morgan fingerprint density at radius 2 is 0.905 bits per heavy atom. The molecule has 0 fully saturated rings. The van der Waals surface area contributed by atoms with E-state index >= 15 is 0 Å². The maximum absolute atomic E-state index is 6.62. The van der Waals surface area contributed by atoms with E-state index in [4.69, 9.17) is 19.4 Å². The molecule has 6 heteroatoms. The first kappa shape index (κ1) is 35.2. The number of hydrogen-bond donors (Lipinski definition) is 0. The van der Waals surface area contributed by atoms with Crippen molar-refractivity contribution in [2.24, 2.45) is 0 Å². The molecule has 9 aromatic carbocycles. The van der Waals surface area contributed by atoms with Crippen LogP contribution in [-0.4, -0.2) is 19.5 Å². The largest absolute Gasteiger partial charge is 0.456 e. The lowest BCUT2D eigenvalue weighted by Gasteiger charge is -2.26. The van der Waals surface area contributed by atoms with Gasteiger partial charge in [0.15, 0.2) is 17.5 Å². The van der Waals surface area contributed by atoms with Crippen molar-refractivity contribution >= 4 is 83.7 Å². The standard InChI is InChI=1S/C57H35N5O/c1-5-16-37(17-6-1)55-58-56(38-18-7-2-8-19-38)60-57(59-55)40-27-31-50-48(34-40)52-44-28-29-46-47-35-43(61(41-20-9-3-10-21-41)42-22-11-4-12-23-42)33-39-26-25-36-15-13-14-24-49(36)62(53(39)47)54(46)45(44)30-32-51(52)63-50/h1-35H. The van der Waals surface area contributed by atoms with E-state index in [1.54, 1.807) is 0 Å². The number of para-hydroxylation sites is 3. The maximum atomic E-state index is 6.62. The van der Waals surface area contributed by atoms with E-state index < -0.39 is 0 Å². The van der Waals surface area contributed by atoms with Crippen LogP contribution in [0.1, 0.15) is 11.1 Å². The van der Waals surface area contributed by atoms with Gasteiger partial charge >= 0.3 is 0 Å². The van der Waals surface area contributed by atoms with Gasteiger partial charge in [0, 0.05) is 66.2 Å². The summed E-state index contributed by atoms with van der Waals surface area (Å²) in [6.45, 7) is 0. The number of rotatable bonds is 6. The Balaban J connectivity index is 1.06. The molecule has 0 spiro atoms. The van der Waals surface area contributed by atoms with Crippen LogP contribution >= 0.6 is 0 Å². The van der Waals surface area contributed by atoms with Gasteiger partial charge in [0.05, 0.1) is 16.7 Å². The minimum Gasteiger partial charge on any atom is -0.456 e. The number of benzene rings is 9. The molecule has 3 aromatic heterocycles. The van der Waals surface area contributed by atoms with Gasteiger partial charge in [-0.25, -0.2) is 15.0 Å². The molecule has 0 atom stereocenters. The smallest absolute Gasteiger partial charge is 0.164 e. The third-order valence-corrected chi connectivity index (χ3v) is 12.3. The van der Waals surface area contributed by atoms with Gasteiger partial charge in [0.1, 0.15) is 11.2 Å². The SMILES string of the molecule is C1=Cc2cc(N(c3ccccc3)c3ccccc3)cc3c4ccc5c(ccc6oc7ccc(-c8nc(-c9ccccc9)nc(-c9ccccc9)n8)cc7c65)c4n(c23)-c2ccccc21. The average molecular weight is 806 g/mol. The minimum absolute atomic E-state index is 0.604. The lowest BCUT2D eigenvalue weighted by molar-refractivity contribution is 0.669. The van der Waals surface area contributed by atoms with Crippen molar-refractivity contribution in [3.05, 3.63) is 211 Å². The van der Waals surface area contributed by atoms with E-state index in [0.29, 0.717) is 17.5 Å². The normalized spacial score (nSPS) is 12.1. The van der Waals surface area contributed by atoms with Gasteiger partial charge < -0.3 is 13.9 Å². The summed E-state index contributed by atoms with van der Waals surface area (Å²) in [5.41, 5.74) is 13.5. The van der Waals surface area contributed by atoms with Crippen LogP contribution in [0.2, 0.25) is 0 Å². The molecule has 0 N–H and O–H groups in total. The van der Waals surface area contributed by atoms with Crippen molar-refractivity contribution < 1.29 is 4.42 Å². The van der Waals surface area contributed by atoms with Crippen LogP contribution in [0.25, 0.3) is 107 Å². The second kappa shape index (κ2) is 14.0. The molecule has 13 rings (SSSR count). The van der Waals surface area contributed by atoms with E-state index in [0.717, 1.165) is 88.8 Å². The fourth-order valence-electron chi connectivity index (χ4n) is 9.52. The molecule has 1 aliphatic rings. The predicted octanol–water partition coefficient (Wildman–Crippen LogP) is 15.0. The molecule has 63 heavy (non-hydrogen) atoms. The lowest BCUT2D eigenvalue weighted by Crippen LogP contribution is -2.10. The Labute approximate surface area is 362 Å². The molecule has 12 aromatic rings. The van der Waals surface area contributed by atoms with E-state index in [1.807, 2.05) is 66.7 Å². The van der Waals surface area contributed by atoms with Gasteiger partial charge in [0.2, 0.25) is 0 Å². The highest BCUT2D eigenvalue weighted by Gasteiger charge is 2.25. The lowest BCUT2D eigenvalue weighted by atomic mass is 9.99. The van der Waals surface area contributed by atoms with Crippen molar-refractivity contribution in [2.75, 3.05) is 4.90 Å². The summed E-state index contributed by atoms with van der Waals surface area (Å²) in [6.07, 6.45) is 4.53. The molecule has 0 aliphatic carbocycles. The van der Waals surface area contributed by atoms with Crippen molar-refractivity contribution in [1.29, 1.82) is 0 Å². The summed E-state index contributed by atoms with van der Waals surface area (Å²) < 4.78 is 9.11.